The molecule has 3 rings (SSSR count). The number of aliphatic imine (C=N–C) groups is 1. The number of para-hydroxylation sites is 1. The van der Waals surface area contributed by atoms with Gasteiger partial charge in [0.25, 0.3) is 0 Å². The van der Waals surface area contributed by atoms with Crippen LogP contribution in [0.3, 0.4) is 0 Å². The molecule has 0 atom stereocenters. The summed E-state index contributed by atoms with van der Waals surface area (Å²) in [6.07, 6.45) is 2.79. The van der Waals surface area contributed by atoms with Gasteiger partial charge in [0, 0.05) is 37.3 Å². The quantitative estimate of drug-likeness (QED) is 0.304. The summed E-state index contributed by atoms with van der Waals surface area (Å²) in [6, 6.07) is 17.8. The molecule has 0 unspecified atom stereocenters. The first-order valence-corrected chi connectivity index (χ1v) is 10.4. The molecular formula is C22H26N4O2S. The van der Waals surface area contributed by atoms with E-state index < -0.39 is 0 Å². The van der Waals surface area contributed by atoms with Crippen LogP contribution in [0.4, 0.5) is 0 Å². The van der Waals surface area contributed by atoms with Gasteiger partial charge in [-0.2, -0.15) is 0 Å². The second kappa shape index (κ2) is 11.7. The van der Waals surface area contributed by atoms with Crippen molar-refractivity contribution in [2.75, 3.05) is 26.8 Å². The van der Waals surface area contributed by atoms with Gasteiger partial charge in [0.15, 0.2) is 5.96 Å². The Labute approximate surface area is 175 Å². The number of nitrogens with zero attached hydrogens (tertiary/aromatic N) is 2. The van der Waals surface area contributed by atoms with Crippen molar-refractivity contribution in [3.05, 3.63) is 76.6 Å². The van der Waals surface area contributed by atoms with Crippen molar-refractivity contribution < 1.29 is 9.47 Å². The number of pyridine rings is 1. The van der Waals surface area contributed by atoms with Crippen LogP contribution in [0.2, 0.25) is 0 Å². The summed E-state index contributed by atoms with van der Waals surface area (Å²) in [4.78, 5) is 9.96. The summed E-state index contributed by atoms with van der Waals surface area (Å²) >= 11 is 1.77. The number of hydrogen-bond donors (Lipinski definition) is 2. The Hall–Kier alpha value is -3.06. The second-order valence-corrected chi connectivity index (χ2v) is 7.23. The molecule has 0 radical (unpaired) electrons. The van der Waals surface area contributed by atoms with E-state index >= 15 is 0 Å². The van der Waals surface area contributed by atoms with Crippen LogP contribution in [0.15, 0.2) is 71.2 Å². The first-order chi connectivity index (χ1) is 14.3. The van der Waals surface area contributed by atoms with E-state index in [0.29, 0.717) is 25.6 Å². The molecule has 7 heteroatoms. The molecule has 0 aliphatic carbocycles. The number of aromatic nitrogens is 1. The van der Waals surface area contributed by atoms with Gasteiger partial charge in [0.05, 0.1) is 0 Å². The molecule has 0 saturated carbocycles. The Morgan fingerprint density at radius 1 is 1.00 bits per heavy atom. The molecule has 2 N–H and O–H groups in total. The van der Waals surface area contributed by atoms with Crippen molar-refractivity contribution in [3.63, 3.8) is 0 Å². The number of hydrogen-bond acceptors (Lipinski definition) is 5. The summed E-state index contributed by atoms with van der Waals surface area (Å²) < 4.78 is 11.2. The monoisotopic (exact) mass is 410 g/mol. The molecule has 29 heavy (non-hydrogen) atoms. The van der Waals surface area contributed by atoms with Gasteiger partial charge in [-0.1, -0.05) is 30.3 Å². The minimum Gasteiger partial charge on any atom is -0.490 e. The molecule has 0 spiro atoms. The van der Waals surface area contributed by atoms with Gasteiger partial charge in [0.2, 0.25) is 5.88 Å². The van der Waals surface area contributed by atoms with Gasteiger partial charge in [-0.05, 0) is 35.6 Å². The van der Waals surface area contributed by atoms with Gasteiger partial charge in [0.1, 0.15) is 19.0 Å². The van der Waals surface area contributed by atoms with Crippen molar-refractivity contribution in [3.8, 4) is 11.6 Å². The maximum absolute atomic E-state index is 5.63. The largest absolute Gasteiger partial charge is 0.490 e. The smallest absolute Gasteiger partial charge is 0.213 e. The first-order valence-electron chi connectivity index (χ1n) is 9.56. The van der Waals surface area contributed by atoms with Crippen LogP contribution in [0.1, 0.15) is 10.4 Å². The van der Waals surface area contributed by atoms with E-state index in [1.807, 2.05) is 42.5 Å². The molecule has 0 amide bonds. The zero-order valence-electron chi connectivity index (χ0n) is 16.5. The van der Waals surface area contributed by atoms with Crippen LogP contribution >= 0.6 is 11.3 Å². The molecule has 1 aromatic carbocycles. The highest BCUT2D eigenvalue weighted by Crippen LogP contribution is 2.10. The zero-order valence-corrected chi connectivity index (χ0v) is 17.3. The standard InChI is InChI=1S/C22H26N4O2S/c1-23-22(24-12-11-20-8-5-15-29-20)26-17-18-9-10-21(25-16-18)28-14-13-27-19-6-3-2-4-7-19/h2-10,15-16H,11-14,17H2,1H3,(H2,23,24,26). The predicted octanol–water partition coefficient (Wildman–Crippen LogP) is 3.51. The maximum atomic E-state index is 5.63. The number of ether oxygens (including phenoxy) is 2. The van der Waals surface area contributed by atoms with Crippen LogP contribution < -0.4 is 20.1 Å². The van der Waals surface area contributed by atoms with E-state index in [1.54, 1.807) is 24.6 Å². The van der Waals surface area contributed by atoms with Crippen molar-refractivity contribution >= 4 is 17.3 Å². The van der Waals surface area contributed by atoms with Gasteiger partial charge in [-0.25, -0.2) is 4.98 Å². The average Bonchev–Trinajstić information content (AvgIpc) is 3.29. The van der Waals surface area contributed by atoms with Crippen molar-refractivity contribution in [2.24, 2.45) is 4.99 Å². The summed E-state index contributed by atoms with van der Waals surface area (Å²) in [5.41, 5.74) is 1.05. The number of thiophene rings is 1. The van der Waals surface area contributed by atoms with Crippen LogP contribution in [-0.2, 0) is 13.0 Å². The lowest BCUT2D eigenvalue weighted by Crippen LogP contribution is -2.37. The molecule has 3 aromatic rings. The molecule has 0 aliphatic heterocycles. The van der Waals surface area contributed by atoms with Gasteiger partial charge in [-0.3, -0.25) is 4.99 Å². The number of rotatable bonds is 10. The van der Waals surface area contributed by atoms with E-state index in [1.165, 1.54) is 4.88 Å². The third-order valence-electron chi connectivity index (χ3n) is 4.07. The Morgan fingerprint density at radius 2 is 1.86 bits per heavy atom. The third kappa shape index (κ3) is 7.46. The topological polar surface area (TPSA) is 67.8 Å². The van der Waals surface area contributed by atoms with Gasteiger partial charge < -0.3 is 20.1 Å². The average molecular weight is 411 g/mol. The van der Waals surface area contributed by atoms with Crippen molar-refractivity contribution in [1.82, 2.24) is 15.6 Å². The van der Waals surface area contributed by atoms with E-state index in [0.717, 1.165) is 30.2 Å². The van der Waals surface area contributed by atoms with E-state index in [-0.39, 0.29) is 0 Å². The number of guanidine groups is 1. The highest BCUT2D eigenvalue weighted by Gasteiger charge is 2.01. The Morgan fingerprint density at radius 3 is 2.59 bits per heavy atom. The fourth-order valence-electron chi connectivity index (χ4n) is 2.59. The molecule has 0 aliphatic rings. The molecule has 2 aromatic heterocycles. The molecular weight excluding hydrogens is 384 g/mol. The number of nitrogens with one attached hydrogen (secondary N) is 2. The molecule has 0 fully saturated rings. The van der Waals surface area contributed by atoms with E-state index in [9.17, 15) is 0 Å². The predicted molar refractivity (Wildman–Crippen MR) is 118 cm³/mol. The summed E-state index contributed by atoms with van der Waals surface area (Å²) in [5, 5.41) is 8.72. The second-order valence-electron chi connectivity index (χ2n) is 6.20. The molecule has 6 nitrogen and oxygen atoms in total. The normalized spacial score (nSPS) is 11.1. The SMILES string of the molecule is CN=C(NCCc1cccs1)NCc1ccc(OCCOc2ccccc2)nc1. The molecule has 0 saturated heterocycles. The van der Waals surface area contributed by atoms with E-state index in [2.05, 4.69) is 38.1 Å². The fourth-order valence-corrected chi connectivity index (χ4v) is 3.30. The lowest BCUT2D eigenvalue weighted by Gasteiger charge is -2.12. The minimum atomic E-state index is 0.445. The molecule has 2 heterocycles. The van der Waals surface area contributed by atoms with Crippen LogP contribution in [0.25, 0.3) is 0 Å². The highest BCUT2D eigenvalue weighted by molar-refractivity contribution is 7.09. The Kier molecular flexibility index (Phi) is 8.34. The summed E-state index contributed by atoms with van der Waals surface area (Å²) in [6.45, 7) is 2.40. The molecule has 152 valence electrons. The lowest BCUT2D eigenvalue weighted by molar-refractivity contribution is 0.212. The van der Waals surface area contributed by atoms with Crippen LogP contribution in [-0.4, -0.2) is 37.7 Å². The summed E-state index contributed by atoms with van der Waals surface area (Å²) in [5.74, 6) is 2.20. The molecule has 0 bridgehead atoms. The maximum Gasteiger partial charge on any atom is 0.213 e. The lowest BCUT2D eigenvalue weighted by atomic mass is 10.3. The fraction of sp³-hybridized carbons (Fsp3) is 0.273. The van der Waals surface area contributed by atoms with Crippen LogP contribution in [0, 0.1) is 0 Å². The minimum absolute atomic E-state index is 0.445. The van der Waals surface area contributed by atoms with Crippen molar-refractivity contribution in [1.29, 1.82) is 0 Å². The zero-order chi connectivity index (χ0) is 20.2. The van der Waals surface area contributed by atoms with Crippen LogP contribution in [0.5, 0.6) is 11.6 Å². The van der Waals surface area contributed by atoms with Crippen molar-refractivity contribution in [2.45, 2.75) is 13.0 Å². The van der Waals surface area contributed by atoms with Gasteiger partial charge in [-0.15, -0.1) is 11.3 Å². The highest BCUT2D eigenvalue weighted by atomic mass is 32.1. The first kappa shape index (κ1) is 20.7. The third-order valence-corrected chi connectivity index (χ3v) is 5.01. The van der Waals surface area contributed by atoms with Gasteiger partial charge >= 0.3 is 0 Å². The Bertz CT molecular complexity index is 852. The van der Waals surface area contributed by atoms with E-state index in [4.69, 9.17) is 9.47 Å². The Balaban J connectivity index is 1.33. The number of benzene rings is 1. The summed E-state index contributed by atoms with van der Waals surface area (Å²) in [7, 11) is 1.77.